The van der Waals surface area contributed by atoms with Gasteiger partial charge in [0.15, 0.2) is 0 Å². The van der Waals surface area contributed by atoms with E-state index in [2.05, 4.69) is 11.1 Å². The minimum absolute atomic E-state index is 0.186. The molecule has 84 valence electrons. The fourth-order valence-corrected chi connectivity index (χ4v) is 2.16. The van der Waals surface area contributed by atoms with Crippen LogP contribution in [-0.4, -0.2) is 10.1 Å². The number of allylic oxidation sites excluding steroid dienone is 1. The first-order chi connectivity index (χ1) is 8.19. The summed E-state index contributed by atoms with van der Waals surface area (Å²) in [5.41, 5.74) is 2.20. The number of rotatable bonds is 2. The molecule has 1 heterocycles. The van der Waals surface area contributed by atoms with Gasteiger partial charge in [0.05, 0.1) is 5.57 Å². The van der Waals surface area contributed by atoms with E-state index in [4.69, 9.17) is 5.26 Å². The Bertz CT molecular complexity index is 608. The second kappa shape index (κ2) is 4.81. The minimum atomic E-state index is 0.186. The van der Waals surface area contributed by atoms with Crippen LogP contribution in [-0.2, 0) is 0 Å². The standard InChI is InChI=1S/C13H10N2OS/c1-9-8-17-13(15-9)11(7-14)5-10-3-2-4-12(16)6-10/h2-6,8,16H,1H3. The van der Waals surface area contributed by atoms with Gasteiger partial charge < -0.3 is 5.11 Å². The summed E-state index contributed by atoms with van der Waals surface area (Å²) in [7, 11) is 0. The molecule has 0 saturated carbocycles. The molecular formula is C13H10N2OS. The number of phenolic OH excluding ortho intramolecular Hbond substituents is 1. The first-order valence-electron chi connectivity index (χ1n) is 5.02. The fraction of sp³-hybridized carbons (Fsp3) is 0.0769. The number of aromatic nitrogens is 1. The highest BCUT2D eigenvalue weighted by molar-refractivity contribution is 7.11. The highest BCUT2D eigenvalue weighted by Crippen LogP contribution is 2.22. The Morgan fingerprint density at radius 3 is 2.94 bits per heavy atom. The molecule has 0 spiro atoms. The van der Waals surface area contributed by atoms with Crippen molar-refractivity contribution in [3.05, 3.63) is 45.9 Å². The van der Waals surface area contributed by atoms with Crippen molar-refractivity contribution in [2.24, 2.45) is 0 Å². The molecule has 0 aliphatic heterocycles. The quantitative estimate of drug-likeness (QED) is 0.822. The summed E-state index contributed by atoms with van der Waals surface area (Å²) >= 11 is 1.44. The van der Waals surface area contributed by atoms with Gasteiger partial charge in [-0.2, -0.15) is 5.26 Å². The van der Waals surface area contributed by atoms with Crippen LogP contribution in [0.2, 0.25) is 0 Å². The highest BCUT2D eigenvalue weighted by atomic mass is 32.1. The molecule has 17 heavy (non-hydrogen) atoms. The van der Waals surface area contributed by atoms with Gasteiger partial charge in [-0.15, -0.1) is 11.3 Å². The molecule has 0 fully saturated rings. The Labute approximate surface area is 103 Å². The summed E-state index contributed by atoms with van der Waals surface area (Å²) in [4.78, 5) is 4.27. The molecule has 0 bridgehead atoms. The first kappa shape index (κ1) is 11.4. The van der Waals surface area contributed by atoms with Crippen molar-refractivity contribution in [2.75, 3.05) is 0 Å². The van der Waals surface area contributed by atoms with Crippen LogP contribution in [0.15, 0.2) is 29.6 Å². The number of nitrogens with zero attached hydrogens (tertiary/aromatic N) is 2. The topological polar surface area (TPSA) is 56.9 Å². The maximum atomic E-state index is 9.35. The molecule has 0 unspecified atom stereocenters. The van der Waals surface area contributed by atoms with Gasteiger partial charge in [0.2, 0.25) is 0 Å². The van der Waals surface area contributed by atoms with Gasteiger partial charge in [-0.05, 0) is 30.7 Å². The van der Waals surface area contributed by atoms with E-state index in [1.807, 2.05) is 18.4 Å². The predicted octanol–water partition coefficient (Wildman–Crippen LogP) is 3.22. The Morgan fingerprint density at radius 1 is 1.53 bits per heavy atom. The zero-order chi connectivity index (χ0) is 12.3. The fourth-order valence-electron chi connectivity index (χ4n) is 1.40. The smallest absolute Gasteiger partial charge is 0.134 e. The Balaban J connectivity index is 2.40. The van der Waals surface area contributed by atoms with E-state index < -0.39 is 0 Å². The summed E-state index contributed by atoms with van der Waals surface area (Å²) in [5, 5.41) is 21.1. The van der Waals surface area contributed by atoms with E-state index in [9.17, 15) is 5.11 Å². The van der Waals surface area contributed by atoms with Crippen molar-refractivity contribution in [1.82, 2.24) is 4.98 Å². The van der Waals surface area contributed by atoms with Crippen LogP contribution >= 0.6 is 11.3 Å². The van der Waals surface area contributed by atoms with Crippen molar-refractivity contribution in [3.8, 4) is 11.8 Å². The van der Waals surface area contributed by atoms with Gasteiger partial charge in [-0.1, -0.05) is 12.1 Å². The third kappa shape index (κ3) is 2.71. The van der Waals surface area contributed by atoms with Crippen LogP contribution in [0.4, 0.5) is 0 Å². The van der Waals surface area contributed by atoms with E-state index in [1.165, 1.54) is 11.3 Å². The Hall–Kier alpha value is -2.12. The number of aryl methyl sites for hydroxylation is 1. The summed E-state index contributed by atoms with van der Waals surface area (Å²) < 4.78 is 0. The molecule has 0 radical (unpaired) electrons. The number of phenols is 1. The molecule has 0 aliphatic rings. The van der Waals surface area contributed by atoms with Gasteiger partial charge in [-0.3, -0.25) is 0 Å². The van der Waals surface area contributed by atoms with Gasteiger partial charge in [0, 0.05) is 11.1 Å². The van der Waals surface area contributed by atoms with Gasteiger partial charge >= 0.3 is 0 Å². The maximum absolute atomic E-state index is 9.35. The van der Waals surface area contributed by atoms with Crippen LogP contribution in [0, 0.1) is 18.3 Å². The van der Waals surface area contributed by atoms with E-state index in [1.54, 1.807) is 24.3 Å². The third-order valence-corrected chi connectivity index (χ3v) is 3.14. The van der Waals surface area contributed by atoms with Crippen LogP contribution in [0.5, 0.6) is 5.75 Å². The first-order valence-corrected chi connectivity index (χ1v) is 5.90. The lowest BCUT2D eigenvalue weighted by molar-refractivity contribution is 0.475. The highest BCUT2D eigenvalue weighted by Gasteiger charge is 2.05. The van der Waals surface area contributed by atoms with Crippen LogP contribution in [0.1, 0.15) is 16.3 Å². The van der Waals surface area contributed by atoms with Crippen LogP contribution in [0.25, 0.3) is 11.6 Å². The number of thiazole rings is 1. The minimum Gasteiger partial charge on any atom is -0.508 e. The molecular weight excluding hydrogens is 232 g/mol. The summed E-state index contributed by atoms with van der Waals surface area (Å²) in [6, 6.07) is 8.90. The molecule has 1 N–H and O–H groups in total. The SMILES string of the molecule is Cc1csc(C(C#N)=Cc2cccc(O)c2)n1. The van der Waals surface area contributed by atoms with Crippen molar-refractivity contribution in [3.63, 3.8) is 0 Å². The average Bonchev–Trinajstić information content (AvgIpc) is 2.73. The van der Waals surface area contributed by atoms with Crippen molar-refractivity contribution in [1.29, 1.82) is 5.26 Å². The lowest BCUT2D eigenvalue weighted by Gasteiger charge is -1.96. The van der Waals surface area contributed by atoms with E-state index in [0.29, 0.717) is 10.6 Å². The number of hydrogen-bond donors (Lipinski definition) is 1. The summed E-state index contributed by atoms with van der Waals surface area (Å²) in [6.45, 7) is 1.89. The number of aromatic hydroxyl groups is 1. The molecule has 2 aromatic rings. The van der Waals surface area contributed by atoms with Crippen molar-refractivity contribution >= 4 is 23.0 Å². The molecule has 1 aromatic carbocycles. The molecule has 3 nitrogen and oxygen atoms in total. The van der Waals surface area contributed by atoms with Crippen LogP contribution in [0.3, 0.4) is 0 Å². The largest absolute Gasteiger partial charge is 0.508 e. The zero-order valence-electron chi connectivity index (χ0n) is 9.21. The third-order valence-electron chi connectivity index (χ3n) is 2.15. The van der Waals surface area contributed by atoms with Crippen LogP contribution < -0.4 is 0 Å². The zero-order valence-corrected chi connectivity index (χ0v) is 10.0. The van der Waals surface area contributed by atoms with E-state index in [-0.39, 0.29) is 5.75 Å². The van der Waals surface area contributed by atoms with Crippen molar-refractivity contribution in [2.45, 2.75) is 6.92 Å². The Kier molecular flexibility index (Phi) is 3.22. The molecule has 0 amide bonds. The molecule has 4 heteroatoms. The lowest BCUT2D eigenvalue weighted by atomic mass is 10.1. The van der Waals surface area contributed by atoms with E-state index in [0.717, 1.165) is 11.3 Å². The number of hydrogen-bond acceptors (Lipinski definition) is 4. The molecule has 0 aliphatic carbocycles. The average molecular weight is 242 g/mol. The van der Waals surface area contributed by atoms with Gasteiger partial charge in [-0.25, -0.2) is 4.98 Å². The van der Waals surface area contributed by atoms with Gasteiger partial charge in [0.25, 0.3) is 0 Å². The van der Waals surface area contributed by atoms with Crippen molar-refractivity contribution < 1.29 is 5.11 Å². The normalized spacial score (nSPS) is 11.2. The summed E-state index contributed by atoms with van der Waals surface area (Å²) in [6.07, 6.45) is 1.72. The summed E-state index contributed by atoms with van der Waals surface area (Å²) in [5.74, 6) is 0.186. The molecule has 2 rings (SSSR count). The number of benzene rings is 1. The second-order valence-electron chi connectivity index (χ2n) is 3.56. The van der Waals surface area contributed by atoms with E-state index >= 15 is 0 Å². The molecule has 0 saturated heterocycles. The maximum Gasteiger partial charge on any atom is 0.134 e. The second-order valence-corrected chi connectivity index (χ2v) is 4.42. The lowest BCUT2D eigenvalue weighted by Crippen LogP contribution is -1.81. The molecule has 0 atom stereocenters. The van der Waals surface area contributed by atoms with Gasteiger partial charge in [0.1, 0.15) is 16.8 Å². The number of nitriles is 1. The molecule has 1 aromatic heterocycles. The monoisotopic (exact) mass is 242 g/mol. The predicted molar refractivity (Wildman–Crippen MR) is 68.4 cm³/mol. The Morgan fingerprint density at radius 2 is 2.35 bits per heavy atom.